The molecule has 0 aliphatic carbocycles. The summed E-state index contributed by atoms with van der Waals surface area (Å²) in [5, 5.41) is 10.0. The van der Waals surface area contributed by atoms with Gasteiger partial charge in [0.05, 0.1) is 22.6 Å². The minimum absolute atomic E-state index is 0.177. The number of thioether (sulfide) groups is 1. The summed E-state index contributed by atoms with van der Waals surface area (Å²) in [6.45, 7) is 0. The largest absolute Gasteiger partial charge is 0.382 e. The minimum Gasteiger partial charge on any atom is -0.382 e. The summed E-state index contributed by atoms with van der Waals surface area (Å²) in [6.07, 6.45) is 10.9. The number of hydrogen-bond donors (Lipinski definition) is 2. The first-order valence-corrected chi connectivity index (χ1v) is 6.64. The lowest BCUT2D eigenvalue weighted by atomic mass is 10.1. The lowest BCUT2D eigenvalue weighted by Crippen LogP contribution is -2.29. The third-order valence-electron chi connectivity index (χ3n) is 2.74. The molecule has 3 aliphatic heterocycles. The van der Waals surface area contributed by atoms with Crippen molar-refractivity contribution in [3.63, 3.8) is 0 Å². The molecule has 0 fully saturated rings. The SMILES string of the molecule is CSC1=CC(=C2C(N)=NN3C=CC=NC23)NC=N1. The van der Waals surface area contributed by atoms with Crippen molar-refractivity contribution < 1.29 is 0 Å². The Balaban J connectivity index is 2.04. The molecule has 0 aromatic rings. The van der Waals surface area contributed by atoms with Crippen molar-refractivity contribution in [3.8, 4) is 0 Å². The predicted molar refractivity (Wildman–Crippen MR) is 75.1 cm³/mol. The molecule has 3 heterocycles. The van der Waals surface area contributed by atoms with Crippen LogP contribution in [0.15, 0.2) is 49.7 Å². The Morgan fingerprint density at radius 3 is 3.22 bits per heavy atom. The standard InChI is InChI=1S/C11H12N6S/c1-18-8-5-7(14-6-15-8)9-10(12)16-17-4-2-3-13-11(9)17/h2-6,11H,1H3,(H2,12,16)(H,14,15). The van der Waals surface area contributed by atoms with Crippen LogP contribution in [0.2, 0.25) is 0 Å². The maximum Gasteiger partial charge on any atom is 0.172 e. The van der Waals surface area contributed by atoms with Gasteiger partial charge in [-0.1, -0.05) is 0 Å². The highest BCUT2D eigenvalue weighted by Crippen LogP contribution is 2.27. The molecule has 6 nitrogen and oxygen atoms in total. The van der Waals surface area contributed by atoms with E-state index in [0.29, 0.717) is 5.84 Å². The Hall–Kier alpha value is -2.02. The molecule has 0 saturated carbocycles. The molecular weight excluding hydrogens is 248 g/mol. The Bertz CT molecular complexity index is 554. The summed E-state index contributed by atoms with van der Waals surface area (Å²) in [5.41, 5.74) is 7.76. The molecule has 1 unspecified atom stereocenters. The van der Waals surface area contributed by atoms with Crippen molar-refractivity contribution in [2.24, 2.45) is 20.8 Å². The number of rotatable bonds is 1. The fraction of sp³-hybridized carbons (Fsp3) is 0.182. The normalized spacial score (nSPS) is 28.9. The summed E-state index contributed by atoms with van der Waals surface area (Å²) in [7, 11) is 0. The van der Waals surface area contributed by atoms with E-state index in [1.807, 2.05) is 24.6 Å². The fourth-order valence-corrected chi connectivity index (χ4v) is 2.32. The van der Waals surface area contributed by atoms with Gasteiger partial charge in [0.2, 0.25) is 0 Å². The van der Waals surface area contributed by atoms with Crippen molar-refractivity contribution in [1.29, 1.82) is 0 Å². The maximum atomic E-state index is 5.98. The zero-order valence-electron chi connectivity index (χ0n) is 9.74. The van der Waals surface area contributed by atoms with Crippen molar-refractivity contribution in [1.82, 2.24) is 10.3 Å². The Morgan fingerprint density at radius 2 is 2.39 bits per heavy atom. The monoisotopic (exact) mass is 260 g/mol. The second kappa shape index (κ2) is 4.34. The highest BCUT2D eigenvalue weighted by Gasteiger charge is 2.32. The van der Waals surface area contributed by atoms with Gasteiger partial charge in [0, 0.05) is 12.4 Å². The number of hydrogen-bond acceptors (Lipinski definition) is 7. The Morgan fingerprint density at radius 1 is 1.50 bits per heavy atom. The third-order valence-corrected chi connectivity index (χ3v) is 3.38. The number of fused-ring (bicyclic) bond motifs is 1. The van der Waals surface area contributed by atoms with Crippen LogP contribution in [0.5, 0.6) is 0 Å². The van der Waals surface area contributed by atoms with Gasteiger partial charge in [-0.15, -0.1) is 11.8 Å². The van der Waals surface area contributed by atoms with Crippen LogP contribution in [0.1, 0.15) is 0 Å². The van der Waals surface area contributed by atoms with Gasteiger partial charge in [-0.25, -0.2) is 10.0 Å². The van der Waals surface area contributed by atoms with E-state index in [1.165, 1.54) is 0 Å². The van der Waals surface area contributed by atoms with Gasteiger partial charge in [-0.3, -0.25) is 4.99 Å². The smallest absolute Gasteiger partial charge is 0.172 e. The molecule has 18 heavy (non-hydrogen) atoms. The van der Waals surface area contributed by atoms with Gasteiger partial charge < -0.3 is 11.1 Å². The van der Waals surface area contributed by atoms with Crippen LogP contribution in [0, 0.1) is 0 Å². The number of hydrazone groups is 1. The van der Waals surface area contributed by atoms with E-state index in [0.717, 1.165) is 16.3 Å². The number of aliphatic imine (C=N–C) groups is 2. The molecular formula is C11H12N6S. The molecule has 0 aromatic carbocycles. The average Bonchev–Trinajstić information content (AvgIpc) is 2.74. The van der Waals surface area contributed by atoms with Crippen LogP contribution in [0.4, 0.5) is 0 Å². The van der Waals surface area contributed by atoms with Crippen LogP contribution >= 0.6 is 11.8 Å². The van der Waals surface area contributed by atoms with Crippen molar-refractivity contribution in [3.05, 3.63) is 34.7 Å². The van der Waals surface area contributed by atoms with Crippen LogP contribution in [-0.4, -0.2) is 35.8 Å². The fourth-order valence-electron chi connectivity index (χ4n) is 1.93. The number of nitrogens with two attached hydrogens (primary N) is 1. The lowest BCUT2D eigenvalue weighted by Gasteiger charge is -2.21. The first-order chi connectivity index (χ1) is 8.79. The van der Waals surface area contributed by atoms with E-state index < -0.39 is 0 Å². The number of nitrogens with zero attached hydrogens (tertiary/aromatic N) is 4. The summed E-state index contributed by atoms with van der Waals surface area (Å²) in [6, 6.07) is 0. The Labute approximate surface area is 109 Å². The summed E-state index contributed by atoms with van der Waals surface area (Å²) in [5.74, 6) is 0.484. The molecule has 0 spiro atoms. The van der Waals surface area contributed by atoms with Crippen molar-refractivity contribution >= 4 is 30.2 Å². The van der Waals surface area contributed by atoms with Gasteiger partial charge in [-0.05, 0) is 18.4 Å². The number of nitrogens with one attached hydrogen (secondary N) is 1. The molecule has 3 N–H and O–H groups in total. The average molecular weight is 260 g/mol. The second-order valence-corrected chi connectivity index (χ2v) is 4.62. The third kappa shape index (κ3) is 1.72. The lowest BCUT2D eigenvalue weighted by molar-refractivity contribution is 0.355. The van der Waals surface area contributed by atoms with Gasteiger partial charge in [0.1, 0.15) is 0 Å². The van der Waals surface area contributed by atoms with Gasteiger partial charge in [0.15, 0.2) is 12.0 Å². The van der Waals surface area contributed by atoms with Crippen LogP contribution < -0.4 is 11.1 Å². The van der Waals surface area contributed by atoms with Crippen LogP contribution in [0.3, 0.4) is 0 Å². The molecule has 0 saturated heterocycles. The first kappa shape index (κ1) is 11.1. The van der Waals surface area contributed by atoms with Crippen LogP contribution in [-0.2, 0) is 0 Å². The summed E-state index contributed by atoms with van der Waals surface area (Å²) >= 11 is 1.58. The molecule has 1 atom stereocenters. The molecule has 0 radical (unpaired) electrons. The first-order valence-electron chi connectivity index (χ1n) is 5.41. The molecule has 0 amide bonds. The molecule has 3 rings (SSSR count). The number of allylic oxidation sites excluding steroid dienone is 2. The van der Waals surface area contributed by atoms with E-state index in [9.17, 15) is 0 Å². The van der Waals surface area contributed by atoms with Gasteiger partial charge >= 0.3 is 0 Å². The Kier molecular flexibility index (Phi) is 2.67. The highest BCUT2D eigenvalue weighted by atomic mass is 32.2. The van der Waals surface area contributed by atoms with Gasteiger partial charge in [0.25, 0.3) is 0 Å². The highest BCUT2D eigenvalue weighted by molar-refractivity contribution is 8.02. The zero-order chi connectivity index (χ0) is 12.5. The quantitative estimate of drug-likeness (QED) is 0.723. The number of amidine groups is 1. The molecule has 3 aliphatic rings. The molecule has 0 bridgehead atoms. The van der Waals surface area contributed by atoms with Crippen LogP contribution in [0.25, 0.3) is 0 Å². The van der Waals surface area contributed by atoms with Crippen molar-refractivity contribution in [2.45, 2.75) is 6.17 Å². The predicted octanol–water partition coefficient (Wildman–Crippen LogP) is 0.588. The van der Waals surface area contributed by atoms with Crippen molar-refractivity contribution in [2.75, 3.05) is 6.26 Å². The zero-order valence-corrected chi connectivity index (χ0v) is 10.6. The molecule has 92 valence electrons. The minimum atomic E-state index is -0.177. The van der Waals surface area contributed by atoms with E-state index in [2.05, 4.69) is 20.4 Å². The second-order valence-electron chi connectivity index (χ2n) is 3.80. The maximum absolute atomic E-state index is 5.98. The van der Waals surface area contributed by atoms with E-state index in [1.54, 1.807) is 29.3 Å². The van der Waals surface area contributed by atoms with Gasteiger partial charge in [-0.2, -0.15) is 5.10 Å². The molecule has 0 aromatic heterocycles. The van der Waals surface area contributed by atoms with E-state index in [4.69, 9.17) is 5.73 Å². The molecule has 7 heteroatoms. The summed E-state index contributed by atoms with van der Waals surface area (Å²) < 4.78 is 0. The van der Waals surface area contributed by atoms with E-state index in [-0.39, 0.29) is 6.17 Å². The summed E-state index contributed by atoms with van der Waals surface area (Å²) in [4.78, 5) is 8.60. The topological polar surface area (TPSA) is 78.4 Å². The van der Waals surface area contributed by atoms with E-state index >= 15 is 0 Å².